The lowest BCUT2D eigenvalue weighted by atomic mass is 10.1. The first kappa shape index (κ1) is 18.1. The Hall–Kier alpha value is -2.20. The van der Waals surface area contributed by atoms with Crippen molar-refractivity contribution < 1.29 is 48.3 Å². The summed E-state index contributed by atoms with van der Waals surface area (Å²) in [4.78, 5) is 44.0. The normalized spacial score (nSPS) is 28.2. The lowest BCUT2D eigenvalue weighted by Gasteiger charge is -2.17. The Morgan fingerprint density at radius 1 is 0.750 bits per heavy atom. The van der Waals surface area contributed by atoms with Gasteiger partial charge in [-0.25, -0.2) is 0 Å². The fourth-order valence-electron chi connectivity index (χ4n) is 2.50. The molecule has 2 rings (SSSR count). The molecule has 0 aliphatic carbocycles. The van der Waals surface area contributed by atoms with Gasteiger partial charge in [0, 0.05) is 0 Å². The lowest BCUT2D eigenvalue weighted by Crippen LogP contribution is -2.36. The molecule has 0 aromatic rings. The molecule has 2 fully saturated rings. The number of esters is 2. The summed E-state index contributed by atoms with van der Waals surface area (Å²) in [7, 11) is 0. The molecule has 10 heteroatoms. The van der Waals surface area contributed by atoms with Crippen LogP contribution in [-0.4, -0.2) is 71.7 Å². The SMILES string of the molecule is O=C(O)CCC(=O)O[C@H]1CO[C@H]2[C@@H]1OC[C@H]2OC(=O)CCC(=O)O. The molecule has 2 aliphatic heterocycles. The molecule has 2 aliphatic rings. The second kappa shape index (κ2) is 8.06. The zero-order valence-electron chi connectivity index (χ0n) is 12.7. The first-order chi connectivity index (χ1) is 11.4. The van der Waals surface area contributed by atoms with Crippen molar-refractivity contribution >= 4 is 23.9 Å². The van der Waals surface area contributed by atoms with Crippen LogP contribution in [0.5, 0.6) is 0 Å². The fraction of sp³-hybridized carbons (Fsp3) is 0.714. The number of fused-ring (bicyclic) bond motifs is 1. The molecular weight excluding hydrogens is 328 g/mol. The quantitative estimate of drug-likeness (QED) is 0.543. The largest absolute Gasteiger partial charge is 0.481 e. The summed E-state index contributed by atoms with van der Waals surface area (Å²) in [5.74, 6) is -3.54. The van der Waals surface area contributed by atoms with Gasteiger partial charge in [0.1, 0.15) is 12.2 Å². The summed E-state index contributed by atoms with van der Waals surface area (Å²) in [5, 5.41) is 17.1. The number of ether oxygens (including phenoxy) is 4. The third-order valence-corrected chi connectivity index (χ3v) is 3.61. The van der Waals surface area contributed by atoms with Crippen molar-refractivity contribution in [1.82, 2.24) is 0 Å². The van der Waals surface area contributed by atoms with Crippen molar-refractivity contribution in [2.45, 2.75) is 50.1 Å². The van der Waals surface area contributed by atoms with E-state index in [9.17, 15) is 19.2 Å². The van der Waals surface area contributed by atoms with Crippen LogP contribution in [0.3, 0.4) is 0 Å². The van der Waals surface area contributed by atoms with Crippen LogP contribution in [0.15, 0.2) is 0 Å². The predicted octanol–water partition coefficient (Wildman–Crippen LogP) is -0.663. The number of carboxylic acids is 2. The van der Waals surface area contributed by atoms with Crippen LogP contribution in [-0.2, 0) is 38.1 Å². The van der Waals surface area contributed by atoms with Crippen LogP contribution in [0.2, 0.25) is 0 Å². The highest BCUT2D eigenvalue weighted by Crippen LogP contribution is 2.31. The molecule has 0 aromatic carbocycles. The van der Waals surface area contributed by atoms with Gasteiger partial charge in [0.25, 0.3) is 0 Å². The molecule has 0 bridgehead atoms. The van der Waals surface area contributed by atoms with Gasteiger partial charge >= 0.3 is 23.9 Å². The van der Waals surface area contributed by atoms with Gasteiger partial charge in [0.2, 0.25) is 0 Å². The van der Waals surface area contributed by atoms with E-state index >= 15 is 0 Å². The van der Waals surface area contributed by atoms with Crippen LogP contribution < -0.4 is 0 Å². The minimum Gasteiger partial charge on any atom is -0.481 e. The van der Waals surface area contributed by atoms with Crippen LogP contribution in [0.25, 0.3) is 0 Å². The number of hydrogen-bond acceptors (Lipinski definition) is 8. The molecule has 2 heterocycles. The predicted molar refractivity (Wildman–Crippen MR) is 73.0 cm³/mol. The first-order valence-corrected chi connectivity index (χ1v) is 7.42. The Balaban J connectivity index is 1.78. The van der Waals surface area contributed by atoms with E-state index in [2.05, 4.69) is 0 Å². The molecule has 0 aromatic heterocycles. The molecule has 2 saturated heterocycles. The van der Waals surface area contributed by atoms with Gasteiger partial charge in [0.15, 0.2) is 12.2 Å². The van der Waals surface area contributed by atoms with Crippen molar-refractivity contribution in [3.63, 3.8) is 0 Å². The highest BCUT2D eigenvalue weighted by atomic mass is 16.7. The van der Waals surface area contributed by atoms with Gasteiger partial charge in [0.05, 0.1) is 38.9 Å². The minimum absolute atomic E-state index is 0.0529. The standard InChI is InChI=1S/C14H18O10/c15-9(16)1-3-11(19)23-7-5-21-14-8(6-22-13(7)14)24-12(20)4-2-10(17)18/h7-8,13-14H,1-6H2,(H,15,16)(H,17,18)/t7-,8+,13-,14-/m1/s1. The van der Waals surface area contributed by atoms with E-state index in [1.165, 1.54) is 0 Å². The average Bonchev–Trinajstić information content (AvgIpc) is 3.07. The van der Waals surface area contributed by atoms with Crippen molar-refractivity contribution in [2.24, 2.45) is 0 Å². The number of rotatable bonds is 8. The van der Waals surface area contributed by atoms with Gasteiger partial charge in [-0.05, 0) is 0 Å². The average molecular weight is 346 g/mol. The minimum atomic E-state index is -1.10. The Morgan fingerprint density at radius 3 is 1.46 bits per heavy atom. The monoisotopic (exact) mass is 346 g/mol. The Bertz CT molecular complexity index is 470. The molecule has 2 N–H and O–H groups in total. The smallest absolute Gasteiger partial charge is 0.306 e. The van der Waals surface area contributed by atoms with Gasteiger partial charge in [-0.2, -0.15) is 0 Å². The third-order valence-electron chi connectivity index (χ3n) is 3.61. The zero-order valence-corrected chi connectivity index (χ0v) is 12.7. The number of hydrogen-bond donors (Lipinski definition) is 2. The van der Waals surface area contributed by atoms with Crippen LogP contribution >= 0.6 is 0 Å². The second-order valence-corrected chi connectivity index (χ2v) is 5.44. The number of aliphatic carboxylic acids is 2. The molecule has 0 amide bonds. The highest BCUT2D eigenvalue weighted by Gasteiger charge is 2.51. The zero-order chi connectivity index (χ0) is 17.7. The molecule has 4 atom stereocenters. The Kier molecular flexibility index (Phi) is 6.10. The van der Waals surface area contributed by atoms with E-state index in [-0.39, 0.29) is 38.9 Å². The van der Waals surface area contributed by atoms with Crippen molar-refractivity contribution in [2.75, 3.05) is 13.2 Å². The van der Waals surface area contributed by atoms with Crippen LogP contribution in [0, 0.1) is 0 Å². The van der Waals surface area contributed by atoms with E-state index in [0.29, 0.717) is 0 Å². The maximum Gasteiger partial charge on any atom is 0.306 e. The molecule has 10 nitrogen and oxygen atoms in total. The number of carbonyl (C=O) groups excluding carboxylic acids is 2. The first-order valence-electron chi connectivity index (χ1n) is 7.42. The Morgan fingerprint density at radius 2 is 1.12 bits per heavy atom. The van der Waals surface area contributed by atoms with E-state index in [1.54, 1.807) is 0 Å². The maximum absolute atomic E-state index is 11.6. The summed E-state index contributed by atoms with van der Waals surface area (Å²) >= 11 is 0. The van der Waals surface area contributed by atoms with Crippen molar-refractivity contribution in [1.29, 1.82) is 0 Å². The molecule has 0 radical (unpaired) electrons. The molecule has 24 heavy (non-hydrogen) atoms. The maximum atomic E-state index is 11.6. The van der Waals surface area contributed by atoms with Gasteiger partial charge in [-0.1, -0.05) is 0 Å². The molecule has 0 spiro atoms. The second-order valence-electron chi connectivity index (χ2n) is 5.44. The van der Waals surface area contributed by atoms with E-state index < -0.39 is 48.3 Å². The lowest BCUT2D eigenvalue weighted by molar-refractivity contribution is -0.157. The van der Waals surface area contributed by atoms with Crippen LogP contribution in [0.4, 0.5) is 0 Å². The van der Waals surface area contributed by atoms with E-state index in [4.69, 9.17) is 29.2 Å². The van der Waals surface area contributed by atoms with Crippen molar-refractivity contribution in [3.05, 3.63) is 0 Å². The van der Waals surface area contributed by atoms with Crippen molar-refractivity contribution in [3.8, 4) is 0 Å². The Labute approximate surface area is 136 Å². The van der Waals surface area contributed by atoms with Gasteiger partial charge in [-0.3, -0.25) is 19.2 Å². The number of carbonyl (C=O) groups is 4. The summed E-state index contributed by atoms with van der Waals surface area (Å²) < 4.78 is 21.2. The molecule has 0 saturated carbocycles. The molecular formula is C14H18O10. The summed E-state index contributed by atoms with van der Waals surface area (Å²) in [6.07, 6.45) is -3.76. The summed E-state index contributed by atoms with van der Waals surface area (Å²) in [6, 6.07) is 0. The molecule has 0 unspecified atom stereocenters. The van der Waals surface area contributed by atoms with E-state index in [0.717, 1.165) is 0 Å². The van der Waals surface area contributed by atoms with Gasteiger partial charge < -0.3 is 29.2 Å². The van der Waals surface area contributed by atoms with E-state index in [1.807, 2.05) is 0 Å². The molecule has 134 valence electrons. The summed E-state index contributed by atoms with van der Waals surface area (Å²) in [5.41, 5.74) is 0. The van der Waals surface area contributed by atoms with Crippen LogP contribution in [0.1, 0.15) is 25.7 Å². The highest BCUT2D eigenvalue weighted by molar-refractivity contribution is 5.77. The third kappa shape index (κ3) is 4.90. The summed E-state index contributed by atoms with van der Waals surface area (Å²) in [6.45, 7) is 0.106. The number of carboxylic acid groups (broad SMARTS) is 2. The topological polar surface area (TPSA) is 146 Å². The van der Waals surface area contributed by atoms with Gasteiger partial charge in [-0.15, -0.1) is 0 Å². The fourth-order valence-corrected chi connectivity index (χ4v) is 2.50.